The number of thioether (sulfide) groups is 1. The van der Waals surface area contributed by atoms with Gasteiger partial charge in [0.25, 0.3) is 0 Å². The molecule has 5 nitrogen and oxygen atoms in total. The Morgan fingerprint density at radius 2 is 1.96 bits per heavy atom. The van der Waals surface area contributed by atoms with E-state index in [1.165, 1.54) is 23.9 Å². The highest BCUT2D eigenvalue weighted by molar-refractivity contribution is 8.00. The summed E-state index contributed by atoms with van der Waals surface area (Å²) in [5.41, 5.74) is 2.93. The van der Waals surface area contributed by atoms with Crippen LogP contribution in [0.15, 0.2) is 59.6 Å². The van der Waals surface area contributed by atoms with E-state index in [9.17, 15) is 9.18 Å². The number of carbonyl (C=O) groups excluding carboxylic acids is 1. The molecule has 1 N–H and O–H groups in total. The van der Waals surface area contributed by atoms with Crippen LogP contribution in [0.3, 0.4) is 0 Å². The van der Waals surface area contributed by atoms with Crippen LogP contribution in [0.25, 0.3) is 21.5 Å². The topological polar surface area (TPSA) is 67.8 Å². The Labute approximate surface area is 169 Å². The number of nitrogens with zero attached hydrogens (tertiary/aromatic N) is 3. The number of nitrogens with one attached hydrogen (secondary N) is 1. The van der Waals surface area contributed by atoms with Crippen molar-refractivity contribution in [2.75, 3.05) is 11.1 Å². The van der Waals surface area contributed by atoms with Crippen LogP contribution in [0.5, 0.6) is 0 Å². The molecule has 2 heterocycles. The highest BCUT2D eigenvalue weighted by Gasteiger charge is 2.16. The van der Waals surface area contributed by atoms with Crippen LogP contribution in [0.1, 0.15) is 5.01 Å². The number of amides is 1. The van der Waals surface area contributed by atoms with Crippen molar-refractivity contribution in [1.82, 2.24) is 15.2 Å². The molecule has 0 unspecified atom stereocenters. The number of hydrogen-bond acceptors (Lipinski definition) is 6. The molecule has 28 heavy (non-hydrogen) atoms. The van der Waals surface area contributed by atoms with E-state index in [4.69, 9.17) is 0 Å². The average molecular weight is 410 g/mol. The number of fused-ring (bicyclic) bond motifs is 1. The first kappa shape index (κ1) is 18.5. The summed E-state index contributed by atoms with van der Waals surface area (Å²) in [6.07, 6.45) is 0. The van der Waals surface area contributed by atoms with E-state index in [0.717, 1.165) is 26.5 Å². The number of benzene rings is 2. The van der Waals surface area contributed by atoms with Gasteiger partial charge in [0, 0.05) is 11.3 Å². The molecule has 0 aliphatic carbocycles. The number of halogens is 1. The number of rotatable bonds is 5. The van der Waals surface area contributed by atoms with E-state index in [2.05, 4.69) is 20.5 Å². The zero-order valence-corrected chi connectivity index (χ0v) is 16.5. The lowest BCUT2D eigenvalue weighted by molar-refractivity contribution is -0.113. The zero-order chi connectivity index (χ0) is 19.5. The van der Waals surface area contributed by atoms with Crippen LogP contribution in [0, 0.1) is 12.7 Å². The predicted molar refractivity (Wildman–Crippen MR) is 111 cm³/mol. The third kappa shape index (κ3) is 4.02. The predicted octanol–water partition coefficient (Wildman–Crippen LogP) is 4.93. The van der Waals surface area contributed by atoms with Crippen molar-refractivity contribution in [3.05, 3.63) is 65.4 Å². The molecule has 0 fully saturated rings. The minimum atomic E-state index is -0.396. The SMILES string of the molecule is Cc1nc2c(SCC(=O)Nc3cccc(F)c3)nnc(-c3ccccc3)c2s1. The van der Waals surface area contributed by atoms with Crippen LogP contribution in [0.4, 0.5) is 10.1 Å². The fourth-order valence-electron chi connectivity index (χ4n) is 2.70. The van der Waals surface area contributed by atoms with E-state index in [-0.39, 0.29) is 11.7 Å². The minimum Gasteiger partial charge on any atom is -0.325 e. The Morgan fingerprint density at radius 3 is 2.75 bits per heavy atom. The molecule has 4 rings (SSSR count). The lowest BCUT2D eigenvalue weighted by atomic mass is 10.1. The lowest BCUT2D eigenvalue weighted by Crippen LogP contribution is -2.14. The van der Waals surface area contributed by atoms with Gasteiger partial charge in [-0.25, -0.2) is 9.37 Å². The van der Waals surface area contributed by atoms with Crippen molar-refractivity contribution >= 4 is 44.9 Å². The average Bonchev–Trinajstić information content (AvgIpc) is 3.08. The maximum atomic E-state index is 13.2. The van der Waals surface area contributed by atoms with E-state index in [0.29, 0.717) is 10.7 Å². The van der Waals surface area contributed by atoms with Crippen molar-refractivity contribution in [3.63, 3.8) is 0 Å². The van der Waals surface area contributed by atoms with Gasteiger partial charge in [-0.05, 0) is 25.1 Å². The van der Waals surface area contributed by atoms with Gasteiger partial charge in [-0.3, -0.25) is 4.79 Å². The van der Waals surface area contributed by atoms with Gasteiger partial charge < -0.3 is 5.32 Å². The van der Waals surface area contributed by atoms with Gasteiger partial charge in [-0.2, -0.15) is 0 Å². The molecule has 8 heteroatoms. The normalized spacial score (nSPS) is 10.9. The minimum absolute atomic E-state index is 0.127. The maximum Gasteiger partial charge on any atom is 0.234 e. The standard InChI is InChI=1S/C20H15FN4OS2/c1-12-22-18-19(28-12)17(13-6-3-2-4-7-13)24-25-20(18)27-11-16(26)23-15-9-5-8-14(21)10-15/h2-10H,11H2,1H3,(H,23,26). The Balaban J connectivity index is 1.55. The zero-order valence-electron chi connectivity index (χ0n) is 14.8. The fourth-order valence-corrected chi connectivity index (χ4v) is 4.41. The monoisotopic (exact) mass is 410 g/mol. The van der Waals surface area contributed by atoms with Crippen molar-refractivity contribution in [2.24, 2.45) is 0 Å². The summed E-state index contributed by atoms with van der Waals surface area (Å²) in [6.45, 7) is 1.94. The molecule has 1 amide bonds. The highest BCUT2D eigenvalue weighted by Crippen LogP contribution is 2.35. The van der Waals surface area contributed by atoms with Crippen molar-refractivity contribution in [3.8, 4) is 11.3 Å². The van der Waals surface area contributed by atoms with Gasteiger partial charge in [0.2, 0.25) is 5.91 Å². The smallest absolute Gasteiger partial charge is 0.234 e. The number of aromatic nitrogens is 3. The second kappa shape index (κ2) is 8.04. The molecule has 2 aromatic carbocycles. The lowest BCUT2D eigenvalue weighted by Gasteiger charge is -2.06. The number of thiazole rings is 1. The molecule has 4 aromatic rings. The number of carbonyl (C=O) groups is 1. The first-order valence-corrected chi connectivity index (χ1v) is 10.3. The molecule has 2 aromatic heterocycles. The third-order valence-corrected chi connectivity index (χ3v) is 5.82. The Kier molecular flexibility index (Phi) is 5.31. The molecule has 0 radical (unpaired) electrons. The summed E-state index contributed by atoms with van der Waals surface area (Å²) in [5, 5.41) is 12.9. The van der Waals surface area contributed by atoms with Crippen LogP contribution >= 0.6 is 23.1 Å². The van der Waals surface area contributed by atoms with Gasteiger partial charge in [0.15, 0.2) is 0 Å². The van der Waals surface area contributed by atoms with Gasteiger partial charge in [-0.1, -0.05) is 48.2 Å². The van der Waals surface area contributed by atoms with E-state index < -0.39 is 5.82 Å². The molecule has 0 atom stereocenters. The van der Waals surface area contributed by atoms with E-state index >= 15 is 0 Å². The number of aryl methyl sites for hydroxylation is 1. The summed E-state index contributed by atoms with van der Waals surface area (Å²) < 4.78 is 14.2. The van der Waals surface area contributed by atoms with Crippen molar-refractivity contribution in [1.29, 1.82) is 0 Å². The second-order valence-corrected chi connectivity index (χ2v) is 8.14. The molecule has 0 bridgehead atoms. The van der Waals surface area contributed by atoms with Crippen molar-refractivity contribution in [2.45, 2.75) is 11.9 Å². The molecule has 0 saturated heterocycles. The maximum absolute atomic E-state index is 13.2. The summed E-state index contributed by atoms with van der Waals surface area (Å²) in [7, 11) is 0. The highest BCUT2D eigenvalue weighted by atomic mass is 32.2. The van der Waals surface area contributed by atoms with Crippen LogP contribution in [-0.2, 0) is 4.79 Å². The molecule has 0 aliphatic heterocycles. The third-order valence-electron chi connectivity index (χ3n) is 3.89. The van der Waals surface area contributed by atoms with Crippen LogP contribution in [-0.4, -0.2) is 26.8 Å². The van der Waals surface area contributed by atoms with Gasteiger partial charge in [-0.15, -0.1) is 21.5 Å². The molecule has 0 spiro atoms. The van der Waals surface area contributed by atoms with Gasteiger partial charge >= 0.3 is 0 Å². The van der Waals surface area contributed by atoms with E-state index in [1.54, 1.807) is 23.5 Å². The quantitative estimate of drug-likeness (QED) is 0.473. The summed E-state index contributed by atoms with van der Waals surface area (Å²) in [5.74, 6) is -0.515. The second-order valence-electron chi connectivity index (χ2n) is 5.98. The number of anilines is 1. The van der Waals surface area contributed by atoms with Crippen molar-refractivity contribution < 1.29 is 9.18 Å². The summed E-state index contributed by atoms with van der Waals surface area (Å²) >= 11 is 2.82. The van der Waals surface area contributed by atoms with Gasteiger partial charge in [0.1, 0.15) is 22.1 Å². The molecular weight excluding hydrogens is 395 g/mol. The summed E-state index contributed by atoms with van der Waals surface area (Å²) in [6, 6.07) is 15.6. The first-order valence-electron chi connectivity index (χ1n) is 8.47. The molecular formula is C20H15FN4OS2. The molecule has 0 aliphatic rings. The largest absolute Gasteiger partial charge is 0.325 e. The number of hydrogen-bond donors (Lipinski definition) is 1. The fraction of sp³-hybridized carbons (Fsp3) is 0.100. The Bertz CT molecular complexity index is 1150. The van der Waals surface area contributed by atoms with E-state index in [1.807, 2.05) is 37.3 Å². The Morgan fingerprint density at radius 1 is 1.14 bits per heavy atom. The Hall–Kier alpha value is -2.84. The first-order chi connectivity index (χ1) is 13.6. The van der Waals surface area contributed by atoms with Crippen LogP contribution in [0.2, 0.25) is 0 Å². The molecule has 140 valence electrons. The summed E-state index contributed by atoms with van der Waals surface area (Å²) in [4.78, 5) is 16.8. The van der Waals surface area contributed by atoms with Crippen LogP contribution < -0.4 is 5.32 Å². The molecule has 0 saturated carbocycles. The van der Waals surface area contributed by atoms with Gasteiger partial charge in [0.05, 0.1) is 15.5 Å².